The molecule has 0 unspecified atom stereocenters. The summed E-state index contributed by atoms with van der Waals surface area (Å²) >= 11 is 0. The zero-order valence-corrected chi connectivity index (χ0v) is 6.03. The molecule has 0 aliphatic heterocycles. The van der Waals surface area contributed by atoms with Crippen molar-refractivity contribution in [3.63, 3.8) is 0 Å². The lowest BCUT2D eigenvalue weighted by Gasteiger charge is -1.85. The summed E-state index contributed by atoms with van der Waals surface area (Å²) in [6.45, 7) is 0.355. The molecule has 2 saturated carbocycles. The zero-order chi connectivity index (χ0) is 5.78. The van der Waals surface area contributed by atoms with Gasteiger partial charge < -0.3 is 10.8 Å². The van der Waals surface area contributed by atoms with E-state index in [2.05, 4.69) is 0 Å². The number of rotatable bonds is 1. The van der Waals surface area contributed by atoms with E-state index in [1.165, 1.54) is 6.42 Å². The first-order valence-electron chi connectivity index (χ1n) is 3.16. The minimum absolute atomic E-state index is 0. The van der Waals surface area contributed by atoms with Crippen LogP contribution in [0, 0.1) is 11.3 Å². The van der Waals surface area contributed by atoms with Crippen molar-refractivity contribution in [2.75, 3.05) is 6.61 Å². The van der Waals surface area contributed by atoms with E-state index in [-0.39, 0.29) is 12.4 Å². The highest BCUT2D eigenvalue weighted by Gasteiger charge is 2.68. The minimum Gasteiger partial charge on any atom is -0.396 e. The fraction of sp³-hybridized carbons (Fsp3) is 1.00. The SMILES string of the molecule is Cl.N[C@@H]1C[C@@]12C[C@@H]2CO. The first-order valence-corrected chi connectivity index (χ1v) is 3.16. The fourth-order valence-corrected chi connectivity index (χ4v) is 1.70. The van der Waals surface area contributed by atoms with Gasteiger partial charge in [-0.25, -0.2) is 0 Å². The van der Waals surface area contributed by atoms with E-state index in [0.717, 1.165) is 6.42 Å². The molecular weight excluding hydrogens is 138 g/mol. The third-order valence-corrected chi connectivity index (χ3v) is 2.68. The molecule has 9 heavy (non-hydrogen) atoms. The van der Waals surface area contributed by atoms with Crippen LogP contribution in [0.3, 0.4) is 0 Å². The normalized spacial score (nSPS) is 52.7. The predicted molar refractivity (Wildman–Crippen MR) is 37.5 cm³/mol. The van der Waals surface area contributed by atoms with Crippen molar-refractivity contribution >= 4 is 12.4 Å². The molecule has 3 heteroatoms. The first-order chi connectivity index (χ1) is 3.79. The number of nitrogens with two attached hydrogens (primary N) is 1. The number of aliphatic hydroxyl groups excluding tert-OH is 1. The van der Waals surface area contributed by atoms with Gasteiger partial charge in [-0.05, 0) is 24.2 Å². The van der Waals surface area contributed by atoms with Crippen LogP contribution >= 0.6 is 12.4 Å². The van der Waals surface area contributed by atoms with Crippen LogP contribution in [0.5, 0.6) is 0 Å². The summed E-state index contributed by atoms with van der Waals surface area (Å²) in [7, 11) is 0. The topological polar surface area (TPSA) is 46.2 Å². The van der Waals surface area contributed by atoms with Gasteiger partial charge >= 0.3 is 0 Å². The molecule has 0 aromatic rings. The maximum absolute atomic E-state index is 8.64. The predicted octanol–water partition coefficient (Wildman–Crippen LogP) is 0.138. The van der Waals surface area contributed by atoms with E-state index in [4.69, 9.17) is 10.8 Å². The maximum atomic E-state index is 8.64. The Morgan fingerprint density at radius 1 is 1.56 bits per heavy atom. The second-order valence-corrected chi connectivity index (χ2v) is 3.13. The van der Waals surface area contributed by atoms with Crippen LogP contribution in [0.4, 0.5) is 0 Å². The van der Waals surface area contributed by atoms with Gasteiger partial charge in [0.1, 0.15) is 0 Å². The quantitative estimate of drug-likeness (QED) is 0.557. The van der Waals surface area contributed by atoms with Crippen LogP contribution < -0.4 is 5.73 Å². The molecule has 0 radical (unpaired) electrons. The molecule has 0 heterocycles. The molecule has 0 aromatic heterocycles. The Kier molecular flexibility index (Phi) is 1.50. The van der Waals surface area contributed by atoms with Gasteiger partial charge in [0.05, 0.1) is 0 Å². The van der Waals surface area contributed by atoms with Crippen molar-refractivity contribution in [3.05, 3.63) is 0 Å². The second-order valence-electron chi connectivity index (χ2n) is 3.13. The summed E-state index contributed by atoms with van der Waals surface area (Å²) in [4.78, 5) is 0. The monoisotopic (exact) mass is 149 g/mol. The minimum atomic E-state index is 0. The number of hydrogen-bond acceptors (Lipinski definition) is 2. The van der Waals surface area contributed by atoms with Gasteiger partial charge in [-0.15, -0.1) is 12.4 Å². The zero-order valence-electron chi connectivity index (χ0n) is 5.21. The number of hydrogen-bond donors (Lipinski definition) is 2. The highest BCUT2D eigenvalue weighted by Crippen LogP contribution is 2.69. The summed E-state index contributed by atoms with van der Waals surface area (Å²) in [5.74, 6) is 0.567. The summed E-state index contributed by atoms with van der Waals surface area (Å²) in [6.07, 6.45) is 2.35. The Hall–Kier alpha value is 0.210. The van der Waals surface area contributed by atoms with Crippen LogP contribution in [-0.4, -0.2) is 17.8 Å². The first kappa shape index (κ1) is 7.32. The van der Waals surface area contributed by atoms with Gasteiger partial charge in [0.15, 0.2) is 0 Å². The average molecular weight is 150 g/mol. The highest BCUT2D eigenvalue weighted by molar-refractivity contribution is 5.85. The van der Waals surface area contributed by atoms with Crippen molar-refractivity contribution in [3.8, 4) is 0 Å². The third kappa shape index (κ3) is 0.775. The van der Waals surface area contributed by atoms with E-state index in [0.29, 0.717) is 24.0 Å². The Labute approximate surface area is 60.8 Å². The maximum Gasteiger partial charge on any atom is 0.0465 e. The highest BCUT2D eigenvalue weighted by atomic mass is 35.5. The van der Waals surface area contributed by atoms with Crippen molar-refractivity contribution in [2.45, 2.75) is 18.9 Å². The van der Waals surface area contributed by atoms with E-state index in [9.17, 15) is 0 Å². The lowest BCUT2D eigenvalue weighted by atomic mass is 10.3. The Morgan fingerprint density at radius 2 is 2.11 bits per heavy atom. The van der Waals surface area contributed by atoms with Crippen LogP contribution in [0.25, 0.3) is 0 Å². The van der Waals surface area contributed by atoms with Crippen LogP contribution in [0.1, 0.15) is 12.8 Å². The molecule has 3 atom stereocenters. The molecule has 2 rings (SSSR count). The van der Waals surface area contributed by atoms with Crippen molar-refractivity contribution in [2.24, 2.45) is 17.1 Å². The van der Waals surface area contributed by atoms with E-state index >= 15 is 0 Å². The van der Waals surface area contributed by atoms with Gasteiger partial charge in [-0.1, -0.05) is 0 Å². The molecule has 1 spiro atoms. The summed E-state index contributed by atoms with van der Waals surface area (Å²) in [6, 6.07) is 0.430. The molecule has 3 N–H and O–H groups in total. The molecule has 0 amide bonds. The van der Waals surface area contributed by atoms with E-state index in [1.807, 2.05) is 0 Å². The Balaban J connectivity index is 0.000000405. The third-order valence-electron chi connectivity index (χ3n) is 2.68. The van der Waals surface area contributed by atoms with Gasteiger partial charge in [0.2, 0.25) is 0 Å². The molecular formula is C6H12ClNO. The summed E-state index contributed by atoms with van der Waals surface area (Å²) in [5, 5.41) is 8.64. The van der Waals surface area contributed by atoms with Crippen LogP contribution in [0.2, 0.25) is 0 Å². The molecule has 2 aliphatic rings. The van der Waals surface area contributed by atoms with Crippen LogP contribution in [-0.2, 0) is 0 Å². The lowest BCUT2D eigenvalue weighted by molar-refractivity contribution is 0.266. The largest absolute Gasteiger partial charge is 0.396 e. The van der Waals surface area contributed by atoms with Gasteiger partial charge in [0, 0.05) is 12.6 Å². The fourth-order valence-electron chi connectivity index (χ4n) is 1.70. The second kappa shape index (κ2) is 1.84. The summed E-state index contributed by atoms with van der Waals surface area (Å²) in [5.41, 5.74) is 6.07. The molecule has 0 bridgehead atoms. The molecule has 0 aromatic carbocycles. The average Bonchev–Trinajstić information content (AvgIpc) is 2.55. The van der Waals surface area contributed by atoms with Gasteiger partial charge in [-0.2, -0.15) is 0 Å². The lowest BCUT2D eigenvalue weighted by Crippen LogP contribution is -2.04. The van der Waals surface area contributed by atoms with E-state index in [1.54, 1.807) is 0 Å². The van der Waals surface area contributed by atoms with Crippen molar-refractivity contribution in [1.82, 2.24) is 0 Å². The standard InChI is InChI=1S/C6H11NO.ClH/c7-5-2-6(5)1-4(6)3-8;/h4-5,8H,1-3,7H2;1H/t4-,5-,6-;/m1./s1. The van der Waals surface area contributed by atoms with Crippen molar-refractivity contribution in [1.29, 1.82) is 0 Å². The number of halogens is 1. The molecule has 0 saturated heterocycles. The summed E-state index contributed by atoms with van der Waals surface area (Å²) < 4.78 is 0. The number of aliphatic hydroxyl groups is 1. The molecule has 2 aliphatic carbocycles. The van der Waals surface area contributed by atoms with Crippen LogP contribution in [0.15, 0.2) is 0 Å². The smallest absolute Gasteiger partial charge is 0.0465 e. The van der Waals surface area contributed by atoms with E-state index < -0.39 is 0 Å². The molecule has 2 fully saturated rings. The molecule has 2 nitrogen and oxygen atoms in total. The molecule has 54 valence electrons. The van der Waals surface area contributed by atoms with Gasteiger partial charge in [-0.3, -0.25) is 0 Å². The Bertz CT molecular complexity index is 130. The van der Waals surface area contributed by atoms with Crippen molar-refractivity contribution < 1.29 is 5.11 Å². The van der Waals surface area contributed by atoms with Gasteiger partial charge in [0.25, 0.3) is 0 Å². The Morgan fingerprint density at radius 3 is 2.22 bits per heavy atom.